The van der Waals surface area contributed by atoms with Crippen molar-refractivity contribution in [3.63, 3.8) is 0 Å². The molecule has 1 unspecified atom stereocenters. The van der Waals surface area contributed by atoms with Crippen molar-refractivity contribution in [3.05, 3.63) is 24.3 Å². The summed E-state index contributed by atoms with van der Waals surface area (Å²) in [5.41, 5.74) is 1.12. The molecule has 3 rings (SSSR count). The quantitative estimate of drug-likeness (QED) is 0.891. The number of rotatable bonds is 3. The number of phenolic OH excluding ortho intramolecular Hbond substituents is 1. The summed E-state index contributed by atoms with van der Waals surface area (Å²) in [5, 5.41) is 9.36. The maximum absolute atomic E-state index is 12.4. The lowest BCUT2D eigenvalue weighted by Gasteiger charge is -2.37. The van der Waals surface area contributed by atoms with E-state index >= 15 is 0 Å². The molecule has 0 aliphatic carbocycles. The van der Waals surface area contributed by atoms with Crippen molar-refractivity contribution in [1.29, 1.82) is 0 Å². The van der Waals surface area contributed by atoms with Crippen LogP contribution >= 0.6 is 0 Å². The van der Waals surface area contributed by atoms with Crippen LogP contribution in [0.5, 0.6) is 5.75 Å². The molecule has 0 aromatic heterocycles. The molecule has 0 bridgehead atoms. The Balaban J connectivity index is 1.47. The van der Waals surface area contributed by atoms with Gasteiger partial charge in [-0.25, -0.2) is 0 Å². The highest BCUT2D eigenvalue weighted by Gasteiger charge is 2.25. The lowest BCUT2D eigenvalue weighted by atomic mass is 10.2. The Morgan fingerprint density at radius 3 is 2.52 bits per heavy atom. The van der Waals surface area contributed by atoms with Crippen LogP contribution in [0.25, 0.3) is 0 Å². The van der Waals surface area contributed by atoms with Gasteiger partial charge < -0.3 is 19.6 Å². The van der Waals surface area contributed by atoms with Crippen LogP contribution < -0.4 is 4.90 Å². The summed E-state index contributed by atoms with van der Waals surface area (Å²) in [6.07, 6.45) is 0.138. The number of morpholine rings is 1. The summed E-state index contributed by atoms with van der Waals surface area (Å²) >= 11 is 0. The number of anilines is 1. The number of hydrogen-bond donors (Lipinski definition) is 1. The van der Waals surface area contributed by atoms with Crippen molar-refractivity contribution in [1.82, 2.24) is 9.80 Å². The van der Waals surface area contributed by atoms with E-state index in [9.17, 15) is 9.90 Å². The second kappa shape index (κ2) is 7.19. The van der Waals surface area contributed by atoms with Gasteiger partial charge >= 0.3 is 0 Å². The summed E-state index contributed by atoms with van der Waals surface area (Å²) in [5.74, 6) is 0.496. The van der Waals surface area contributed by atoms with E-state index in [4.69, 9.17) is 4.74 Å². The average Bonchev–Trinajstić information content (AvgIpc) is 2.56. The lowest BCUT2D eigenvalue weighted by molar-refractivity contribution is -0.139. The molecule has 2 saturated heterocycles. The van der Waals surface area contributed by atoms with Gasteiger partial charge in [-0.2, -0.15) is 0 Å². The van der Waals surface area contributed by atoms with Crippen LogP contribution in [0, 0.1) is 0 Å². The van der Waals surface area contributed by atoms with E-state index in [-0.39, 0.29) is 17.8 Å². The molecular formula is C17H25N3O3. The molecule has 1 atom stereocenters. The third-order valence-corrected chi connectivity index (χ3v) is 4.54. The zero-order valence-electron chi connectivity index (χ0n) is 13.6. The number of hydrogen-bond acceptors (Lipinski definition) is 5. The van der Waals surface area contributed by atoms with E-state index in [1.54, 1.807) is 12.1 Å². The van der Waals surface area contributed by atoms with Gasteiger partial charge in [-0.15, -0.1) is 0 Å². The zero-order chi connectivity index (χ0) is 16.2. The SMILES string of the molecule is CC1CN(C(=O)CN2CCN(c3ccc(O)cc3)CC2)CCO1. The van der Waals surface area contributed by atoms with E-state index in [0.717, 1.165) is 31.9 Å². The molecule has 2 fully saturated rings. The summed E-state index contributed by atoms with van der Waals surface area (Å²) < 4.78 is 5.49. The standard InChI is InChI=1S/C17H25N3O3/c1-14-12-20(10-11-23-14)17(22)13-18-6-8-19(9-7-18)15-2-4-16(21)5-3-15/h2-5,14,21H,6-13H2,1H3. The molecule has 6 nitrogen and oxygen atoms in total. The molecule has 0 saturated carbocycles. The first-order chi connectivity index (χ1) is 11.1. The Morgan fingerprint density at radius 1 is 1.17 bits per heavy atom. The normalized spacial score (nSPS) is 23.1. The highest BCUT2D eigenvalue weighted by Crippen LogP contribution is 2.19. The van der Waals surface area contributed by atoms with Crippen molar-refractivity contribution in [2.45, 2.75) is 13.0 Å². The minimum Gasteiger partial charge on any atom is -0.508 e. The molecule has 1 N–H and O–H groups in total. The van der Waals surface area contributed by atoms with Crippen LogP contribution in [-0.2, 0) is 9.53 Å². The molecule has 1 amide bonds. The Morgan fingerprint density at radius 2 is 1.87 bits per heavy atom. The molecular weight excluding hydrogens is 294 g/mol. The monoisotopic (exact) mass is 319 g/mol. The molecule has 0 spiro atoms. The Kier molecular flexibility index (Phi) is 5.03. The molecule has 126 valence electrons. The van der Waals surface area contributed by atoms with Gasteiger partial charge in [0.2, 0.25) is 5.91 Å². The van der Waals surface area contributed by atoms with Crippen molar-refractivity contribution in [2.75, 3.05) is 57.3 Å². The van der Waals surface area contributed by atoms with Gasteiger partial charge in [0.25, 0.3) is 0 Å². The zero-order valence-corrected chi connectivity index (χ0v) is 13.6. The van der Waals surface area contributed by atoms with Crippen LogP contribution in [0.15, 0.2) is 24.3 Å². The van der Waals surface area contributed by atoms with Gasteiger partial charge in [-0.1, -0.05) is 0 Å². The van der Waals surface area contributed by atoms with E-state index in [1.165, 1.54) is 0 Å². The fourth-order valence-corrected chi connectivity index (χ4v) is 3.16. The summed E-state index contributed by atoms with van der Waals surface area (Å²) in [7, 11) is 0. The molecule has 2 aliphatic heterocycles. The maximum Gasteiger partial charge on any atom is 0.236 e. The second-order valence-corrected chi connectivity index (χ2v) is 6.30. The molecule has 2 aliphatic rings. The van der Waals surface area contributed by atoms with Crippen LogP contribution in [-0.4, -0.2) is 79.3 Å². The van der Waals surface area contributed by atoms with Gasteiger partial charge in [0.15, 0.2) is 0 Å². The number of amides is 1. The predicted octanol–water partition coefficient (Wildman–Crippen LogP) is 0.761. The fourth-order valence-electron chi connectivity index (χ4n) is 3.16. The summed E-state index contributed by atoms with van der Waals surface area (Å²) in [6.45, 7) is 8.12. The maximum atomic E-state index is 12.4. The molecule has 0 radical (unpaired) electrons. The third-order valence-electron chi connectivity index (χ3n) is 4.54. The first kappa shape index (κ1) is 16.1. The number of benzene rings is 1. The summed E-state index contributed by atoms with van der Waals surface area (Å²) in [4.78, 5) is 18.8. The van der Waals surface area contributed by atoms with E-state index in [1.807, 2.05) is 24.0 Å². The molecule has 2 heterocycles. The van der Waals surface area contributed by atoms with Crippen LogP contribution in [0.2, 0.25) is 0 Å². The van der Waals surface area contributed by atoms with Crippen LogP contribution in [0.4, 0.5) is 5.69 Å². The van der Waals surface area contributed by atoms with E-state index < -0.39 is 0 Å². The number of carbonyl (C=O) groups excluding carboxylic acids is 1. The number of aromatic hydroxyl groups is 1. The first-order valence-corrected chi connectivity index (χ1v) is 8.27. The number of nitrogens with zero attached hydrogens (tertiary/aromatic N) is 3. The average molecular weight is 319 g/mol. The summed E-state index contributed by atoms with van der Waals surface area (Å²) in [6, 6.07) is 7.30. The molecule has 23 heavy (non-hydrogen) atoms. The smallest absolute Gasteiger partial charge is 0.236 e. The third kappa shape index (κ3) is 4.14. The van der Waals surface area contributed by atoms with Crippen LogP contribution in [0.1, 0.15) is 6.92 Å². The Hall–Kier alpha value is -1.79. The number of phenols is 1. The number of ether oxygens (including phenoxy) is 1. The van der Waals surface area contributed by atoms with Gasteiger partial charge in [0.1, 0.15) is 5.75 Å². The minimum absolute atomic E-state index is 0.138. The van der Waals surface area contributed by atoms with Crippen molar-refractivity contribution in [3.8, 4) is 5.75 Å². The van der Waals surface area contributed by atoms with Crippen molar-refractivity contribution >= 4 is 11.6 Å². The second-order valence-electron chi connectivity index (χ2n) is 6.30. The molecule has 1 aromatic rings. The van der Waals surface area contributed by atoms with Gasteiger partial charge in [0.05, 0.1) is 19.3 Å². The topological polar surface area (TPSA) is 56.3 Å². The lowest BCUT2D eigenvalue weighted by Crippen LogP contribution is -2.52. The van der Waals surface area contributed by atoms with Crippen LogP contribution in [0.3, 0.4) is 0 Å². The van der Waals surface area contributed by atoms with Crippen molar-refractivity contribution in [2.24, 2.45) is 0 Å². The van der Waals surface area contributed by atoms with Crippen molar-refractivity contribution < 1.29 is 14.6 Å². The highest BCUT2D eigenvalue weighted by molar-refractivity contribution is 5.78. The Labute approximate surface area is 137 Å². The minimum atomic E-state index is 0.138. The van der Waals surface area contributed by atoms with Gasteiger partial charge in [-0.3, -0.25) is 9.69 Å². The molecule has 1 aromatic carbocycles. The first-order valence-electron chi connectivity index (χ1n) is 8.27. The Bertz CT molecular complexity index is 526. The molecule has 6 heteroatoms. The number of carbonyl (C=O) groups is 1. The highest BCUT2D eigenvalue weighted by atomic mass is 16.5. The fraction of sp³-hybridized carbons (Fsp3) is 0.588. The van der Waals surface area contributed by atoms with E-state index in [2.05, 4.69) is 9.80 Å². The van der Waals surface area contributed by atoms with Gasteiger partial charge in [-0.05, 0) is 31.2 Å². The predicted molar refractivity (Wildman–Crippen MR) is 88.8 cm³/mol. The largest absolute Gasteiger partial charge is 0.508 e. The van der Waals surface area contributed by atoms with Gasteiger partial charge in [0, 0.05) is 45.0 Å². The number of piperazine rings is 1. The van der Waals surface area contributed by atoms with E-state index in [0.29, 0.717) is 26.2 Å².